The van der Waals surface area contributed by atoms with E-state index in [1.165, 1.54) is 23.9 Å². The molecule has 1 saturated heterocycles. The smallest absolute Gasteiger partial charge is 0.339 e. The highest BCUT2D eigenvalue weighted by Crippen LogP contribution is 2.34. The van der Waals surface area contributed by atoms with Crippen molar-refractivity contribution in [1.29, 1.82) is 0 Å². The molecular weight excluding hydrogens is 530 g/mol. The van der Waals surface area contributed by atoms with Crippen LogP contribution in [0.15, 0.2) is 87.6 Å². The van der Waals surface area contributed by atoms with Crippen molar-refractivity contribution in [1.82, 2.24) is 4.90 Å². The first-order valence-electron chi connectivity index (χ1n) is 11.7. The van der Waals surface area contributed by atoms with Crippen LogP contribution < -0.4 is 9.08 Å². The number of halogens is 1. The van der Waals surface area contributed by atoms with Gasteiger partial charge in [0.15, 0.2) is 5.17 Å². The number of amides is 1. The molecule has 1 amide bonds. The van der Waals surface area contributed by atoms with E-state index >= 15 is 0 Å². The second-order valence-electron chi connectivity index (χ2n) is 8.61. The van der Waals surface area contributed by atoms with Gasteiger partial charge in [0.2, 0.25) is 0 Å². The minimum absolute atomic E-state index is 0.0569. The monoisotopic (exact) mass is 553 g/mol. The molecule has 0 aromatic heterocycles. The maximum atomic E-state index is 12.7. The zero-order valence-corrected chi connectivity index (χ0v) is 22.4. The van der Waals surface area contributed by atoms with E-state index in [1.807, 2.05) is 19.1 Å². The van der Waals surface area contributed by atoms with Crippen molar-refractivity contribution in [2.45, 2.75) is 11.8 Å². The second-order valence-corrected chi connectivity index (χ2v) is 11.6. The highest BCUT2D eigenvalue weighted by atomic mass is 35.5. The number of hydrogen-bond donors (Lipinski definition) is 0. The molecule has 10 heteroatoms. The second kappa shape index (κ2) is 10.6. The summed E-state index contributed by atoms with van der Waals surface area (Å²) in [5.74, 6) is -0.209. The van der Waals surface area contributed by atoms with Gasteiger partial charge in [-0.25, -0.2) is 0 Å². The molecular formula is C27H24ClN3O4S2. The minimum atomic E-state index is -4.02. The molecule has 0 radical (unpaired) electrons. The summed E-state index contributed by atoms with van der Waals surface area (Å²) in [5, 5.41) is 1.39. The van der Waals surface area contributed by atoms with Crippen molar-refractivity contribution in [2.75, 3.05) is 31.1 Å². The number of benzene rings is 3. The van der Waals surface area contributed by atoms with Crippen molar-refractivity contribution in [2.24, 2.45) is 4.99 Å². The Hall–Kier alpha value is -3.27. The number of carbonyl (C=O) groups is 1. The first kappa shape index (κ1) is 25.4. The van der Waals surface area contributed by atoms with Crippen LogP contribution in [0.4, 0.5) is 5.69 Å². The van der Waals surface area contributed by atoms with Gasteiger partial charge < -0.3 is 14.0 Å². The number of carbonyl (C=O) groups excluding carboxylic acids is 1. The summed E-state index contributed by atoms with van der Waals surface area (Å²) in [4.78, 5) is 21.8. The van der Waals surface area contributed by atoms with E-state index in [0.717, 1.165) is 29.4 Å². The lowest BCUT2D eigenvalue weighted by atomic mass is 10.2. The van der Waals surface area contributed by atoms with Crippen molar-refractivity contribution in [3.8, 4) is 5.75 Å². The molecule has 3 aromatic rings. The van der Waals surface area contributed by atoms with Crippen LogP contribution >= 0.6 is 23.4 Å². The number of piperazine rings is 1. The van der Waals surface area contributed by atoms with E-state index in [4.69, 9.17) is 15.8 Å². The number of aryl methyl sites for hydroxylation is 1. The van der Waals surface area contributed by atoms with E-state index in [0.29, 0.717) is 28.7 Å². The molecule has 0 N–H and O–H groups in total. The molecule has 0 saturated carbocycles. The maximum Gasteiger partial charge on any atom is 0.339 e. The molecule has 2 aliphatic rings. The predicted octanol–water partition coefficient (Wildman–Crippen LogP) is 5.21. The van der Waals surface area contributed by atoms with Gasteiger partial charge in [0.1, 0.15) is 10.6 Å². The van der Waals surface area contributed by atoms with Crippen molar-refractivity contribution >= 4 is 56.3 Å². The molecule has 0 spiro atoms. The summed E-state index contributed by atoms with van der Waals surface area (Å²) in [5.41, 5.74) is 2.61. The highest BCUT2D eigenvalue weighted by molar-refractivity contribution is 8.18. The highest BCUT2D eigenvalue weighted by Gasteiger charge is 2.29. The number of anilines is 1. The zero-order valence-electron chi connectivity index (χ0n) is 20.0. The van der Waals surface area contributed by atoms with Gasteiger partial charge in [-0.1, -0.05) is 54.1 Å². The largest absolute Gasteiger partial charge is 0.378 e. The summed E-state index contributed by atoms with van der Waals surface area (Å²) in [6, 6.07) is 20.7. The Balaban J connectivity index is 1.27. The van der Waals surface area contributed by atoms with E-state index in [1.54, 1.807) is 48.5 Å². The van der Waals surface area contributed by atoms with E-state index in [2.05, 4.69) is 20.9 Å². The summed E-state index contributed by atoms with van der Waals surface area (Å²) >= 11 is 7.58. The van der Waals surface area contributed by atoms with E-state index < -0.39 is 10.1 Å². The normalized spacial score (nSPS) is 17.3. The topological polar surface area (TPSA) is 79.3 Å². The molecule has 0 atom stereocenters. The summed E-state index contributed by atoms with van der Waals surface area (Å²) < 4.78 is 30.9. The fourth-order valence-corrected chi connectivity index (χ4v) is 6.14. The Morgan fingerprint density at radius 3 is 2.35 bits per heavy atom. The molecule has 2 aliphatic heterocycles. The Morgan fingerprint density at radius 1 is 0.946 bits per heavy atom. The van der Waals surface area contributed by atoms with Gasteiger partial charge in [-0.15, -0.1) is 0 Å². The number of amidine groups is 1. The molecule has 0 bridgehead atoms. The lowest BCUT2D eigenvalue weighted by Gasteiger charge is -2.36. The number of aliphatic imine (C=N–C) groups is 1. The van der Waals surface area contributed by atoms with Crippen LogP contribution in [-0.2, 0) is 14.9 Å². The summed E-state index contributed by atoms with van der Waals surface area (Å²) in [6.45, 7) is 4.97. The van der Waals surface area contributed by atoms with Gasteiger partial charge in [-0.2, -0.15) is 13.4 Å². The van der Waals surface area contributed by atoms with Gasteiger partial charge in [0, 0.05) is 42.5 Å². The number of rotatable bonds is 5. The Morgan fingerprint density at radius 2 is 1.62 bits per heavy atom. The summed E-state index contributed by atoms with van der Waals surface area (Å²) in [6.07, 6.45) is 1.63. The number of para-hydroxylation sites is 1. The Bertz CT molecular complexity index is 1500. The lowest BCUT2D eigenvalue weighted by Crippen LogP contribution is -2.47. The predicted molar refractivity (Wildman–Crippen MR) is 149 cm³/mol. The van der Waals surface area contributed by atoms with Gasteiger partial charge in [0.25, 0.3) is 5.91 Å². The third-order valence-electron chi connectivity index (χ3n) is 6.12. The van der Waals surface area contributed by atoms with Crippen LogP contribution in [0.25, 0.3) is 6.08 Å². The van der Waals surface area contributed by atoms with Crippen molar-refractivity contribution in [3.05, 3.63) is 93.9 Å². The van der Waals surface area contributed by atoms with Crippen LogP contribution in [0.1, 0.15) is 11.1 Å². The average Bonchev–Trinajstić information content (AvgIpc) is 3.27. The standard InChI is InChI=1S/C27H24ClN3O4S2/c1-19-11-12-21(18-23(19)28)30-13-15-31(16-14-30)27-29-26(32)25(36-27)17-20-7-5-6-10-24(20)35-37(33,34)22-8-3-2-4-9-22/h2-12,17-18H,13-16H2,1H3/b25-17-. The molecule has 0 unspecified atom stereocenters. The molecule has 1 fully saturated rings. The Labute approximate surface area is 225 Å². The number of thioether (sulfide) groups is 1. The zero-order chi connectivity index (χ0) is 26.0. The van der Waals surface area contributed by atoms with Gasteiger partial charge >= 0.3 is 10.1 Å². The molecule has 0 aliphatic carbocycles. The van der Waals surface area contributed by atoms with Crippen LogP contribution in [0.3, 0.4) is 0 Å². The van der Waals surface area contributed by atoms with Crippen molar-refractivity contribution in [3.63, 3.8) is 0 Å². The SMILES string of the molecule is Cc1ccc(N2CCN(C3=NC(=O)/C(=C/c4ccccc4OS(=O)(=O)c4ccccc4)S3)CC2)cc1Cl. The molecule has 7 nitrogen and oxygen atoms in total. The lowest BCUT2D eigenvalue weighted by molar-refractivity contribution is -0.113. The average molecular weight is 554 g/mol. The fourth-order valence-electron chi connectivity index (χ4n) is 4.04. The third kappa shape index (κ3) is 5.69. The van der Waals surface area contributed by atoms with Crippen LogP contribution in [0.2, 0.25) is 5.02 Å². The van der Waals surface area contributed by atoms with Gasteiger partial charge in [-0.05, 0) is 60.7 Å². The third-order valence-corrected chi connectivity index (χ3v) is 8.82. The molecule has 37 heavy (non-hydrogen) atoms. The van der Waals surface area contributed by atoms with E-state index in [-0.39, 0.29) is 16.6 Å². The molecule has 190 valence electrons. The quantitative estimate of drug-likeness (QED) is 0.317. The van der Waals surface area contributed by atoms with Crippen LogP contribution in [0, 0.1) is 6.92 Å². The fraction of sp³-hybridized carbons (Fsp3) is 0.185. The first-order chi connectivity index (χ1) is 17.8. The van der Waals surface area contributed by atoms with Gasteiger partial charge in [0.05, 0.1) is 4.91 Å². The van der Waals surface area contributed by atoms with Gasteiger partial charge in [-0.3, -0.25) is 4.79 Å². The Kier molecular flexibility index (Phi) is 7.28. The first-order valence-corrected chi connectivity index (χ1v) is 14.3. The van der Waals surface area contributed by atoms with Crippen molar-refractivity contribution < 1.29 is 17.4 Å². The molecule has 3 aromatic carbocycles. The van der Waals surface area contributed by atoms with Crippen LogP contribution in [-0.4, -0.2) is 50.6 Å². The minimum Gasteiger partial charge on any atom is -0.378 e. The summed E-state index contributed by atoms with van der Waals surface area (Å²) in [7, 11) is -4.02. The molecule has 2 heterocycles. The van der Waals surface area contributed by atoms with E-state index in [9.17, 15) is 13.2 Å². The number of hydrogen-bond acceptors (Lipinski definition) is 7. The maximum absolute atomic E-state index is 12.7. The molecule has 5 rings (SSSR count). The van der Waals surface area contributed by atoms with Crippen LogP contribution in [0.5, 0.6) is 5.75 Å². The number of nitrogens with zero attached hydrogens (tertiary/aromatic N) is 3.